The van der Waals surface area contributed by atoms with Crippen molar-refractivity contribution in [3.63, 3.8) is 0 Å². The third-order valence-corrected chi connectivity index (χ3v) is 6.12. The highest BCUT2D eigenvalue weighted by Gasteiger charge is 2.39. The summed E-state index contributed by atoms with van der Waals surface area (Å²) in [6.45, 7) is 2.24. The van der Waals surface area contributed by atoms with Crippen LogP contribution < -0.4 is 15.8 Å². The Hall–Kier alpha value is -2.98. The van der Waals surface area contributed by atoms with Crippen molar-refractivity contribution >= 4 is 28.8 Å². The number of fused-ring (bicyclic) bond motifs is 2. The van der Waals surface area contributed by atoms with E-state index in [0.717, 1.165) is 17.8 Å². The fraction of sp³-hybridized carbons (Fsp3) is 0.348. The number of nitrogens with two attached hydrogens (primary N) is 1. The van der Waals surface area contributed by atoms with Crippen molar-refractivity contribution in [3.8, 4) is 5.75 Å². The average molecular weight is 500 g/mol. The van der Waals surface area contributed by atoms with Crippen LogP contribution in [0.2, 0.25) is 5.02 Å². The number of ether oxygens (including phenoxy) is 2. The summed E-state index contributed by atoms with van der Waals surface area (Å²) in [5.41, 5.74) is 6.42. The SMILES string of the molecule is Nc1cc(Cl)c(OC(F)(F)F)cc1C(=O)/C=C/N1C[C@H]2COC[C@@H](C1)[C@@H]2Nc1ccc(F)cc1. The number of nitrogens with one attached hydrogen (secondary N) is 1. The smallest absolute Gasteiger partial charge is 0.404 e. The summed E-state index contributed by atoms with van der Waals surface area (Å²) >= 11 is 5.77. The van der Waals surface area contributed by atoms with Crippen LogP contribution in [0.3, 0.4) is 0 Å². The van der Waals surface area contributed by atoms with Crippen LogP contribution in [0.5, 0.6) is 5.75 Å². The van der Waals surface area contributed by atoms with Crippen molar-refractivity contribution in [2.45, 2.75) is 12.4 Å². The topological polar surface area (TPSA) is 76.8 Å². The van der Waals surface area contributed by atoms with Crippen LogP contribution in [0.4, 0.5) is 28.9 Å². The molecule has 2 aromatic carbocycles. The number of allylic oxidation sites excluding steroid dienone is 1. The molecule has 2 aromatic rings. The van der Waals surface area contributed by atoms with Crippen LogP contribution in [0.25, 0.3) is 0 Å². The molecule has 0 radical (unpaired) electrons. The molecule has 2 aliphatic heterocycles. The van der Waals surface area contributed by atoms with Crippen LogP contribution in [0.15, 0.2) is 48.7 Å². The molecule has 0 aromatic heterocycles. The van der Waals surface area contributed by atoms with E-state index in [1.165, 1.54) is 18.2 Å². The zero-order valence-electron chi connectivity index (χ0n) is 17.8. The van der Waals surface area contributed by atoms with E-state index in [-0.39, 0.29) is 40.0 Å². The second-order valence-electron chi connectivity index (χ2n) is 8.29. The summed E-state index contributed by atoms with van der Waals surface area (Å²) in [7, 11) is 0. The molecule has 2 fully saturated rings. The number of hydrogen-bond donors (Lipinski definition) is 2. The molecule has 182 valence electrons. The predicted octanol–water partition coefficient (Wildman–Crippen LogP) is 4.72. The summed E-state index contributed by atoms with van der Waals surface area (Å²) < 4.78 is 60.6. The zero-order valence-corrected chi connectivity index (χ0v) is 18.6. The van der Waals surface area contributed by atoms with Gasteiger partial charge in [-0.25, -0.2) is 4.39 Å². The fourth-order valence-corrected chi connectivity index (χ4v) is 4.53. The van der Waals surface area contributed by atoms with Crippen molar-refractivity contribution in [2.24, 2.45) is 11.8 Å². The van der Waals surface area contributed by atoms with Crippen LogP contribution in [0, 0.1) is 17.7 Å². The van der Waals surface area contributed by atoms with Crippen molar-refractivity contribution in [2.75, 3.05) is 37.4 Å². The van der Waals surface area contributed by atoms with Gasteiger partial charge in [0, 0.05) is 60.2 Å². The van der Waals surface area contributed by atoms with E-state index in [4.69, 9.17) is 22.1 Å². The Kier molecular flexibility index (Phi) is 6.90. The highest BCUT2D eigenvalue weighted by Crippen LogP contribution is 2.34. The van der Waals surface area contributed by atoms with E-state index >= 15 is 0 Å². The van der Waals surface area contributed by atoms with Gasteiger partial charge < -0.3 is 25.4 Å². The number of benzene rings is 2. The first-order chi connectivity index (χ1) is 16.1. The Labute approximate surface area is 198 Å². The lowest BCUT2D eigenvalue weighted by Gasteiger charge is -2.47. The lowest BCUT2D eigenvalue weighted by molar-refractivity contribution is -0.274. The first-order valence-electron chi connectivity index (χ1n) is 10.5. The van der Waals surface area contributed by atoms with Gasteiger partial charge in [-0.15, -0.1) is 13.2 Å². The molecule has 34 heavy (non-hydrogen) atoms. The van der Waals surface area contributed by atoms with Gasteiger partial charge in [0.25, 0.3) is 0 Å². The van der Waals surface area contributed by atoms with Crippen LogP contribution in [0.1, 0.15) is 10.4 Å². The molecule has 4 rings (SSSR count). The van der Waals surface area contributed by atoms with Gasteiger partial charge in [0.2, 0.25) is 0 Å². The first kappa shape index (κ1) is 24.2. The number of piperidine rings is 1. The maximum Gasteiger partial charge on any atom is 0.573 e. The van der Waals surface area contributed by atoms with E-state index in [2.05, 4.69) is 10.1 Å². The van der Waals surface area contributed by atoms with Crippen LogP contribution in [-0.4, -0.2) is 49.4 Å². The molecule has 0 amide bonds. The minimum Gasteiger partial charge on any atom is -0.404 e. The number of nitrogens with zero attached hydrogens (tertiary/aromatic N) is 1. The summed E-state index contributed by atoms with van der Waals surface area (Å²) in [6, 6.07) is 8.22. The number of carbonyl (C=O) groups is 1. The van der Waals surface area contributed by atoms with Gasteiger partial charge in [0.15, 0.2) is 5.78 Å². The summed E-state index contributed by atoms with van der Waals surface area (Å²) in [4.78, 5) is 14.6. The number of nitrogen functional groups attached to an aromatic ring is 1. The number of rotatable bonds is 6. The third kappa shape index (κ3) is 5.74. The molecule has 0 spiro atoms. The van der Waals surface area contributed by atoms with Crippen molar-refractivity contribution in [3.05, 3.63) is 65.1 Å². The van der Waals surface area contributed by atoms with Gasteiger partial charge >= 0.3 is 6.36 Å². The van der Waals surface area contributed by atoms with Crippen LogP contribution in [-0.2, 0) is 4.74 Å². The Morgan fingerprint density at radius 2 is 1.82 bits per heavy atom. The quantitative estimate of drug-likeness (QED) is 0.259. The molecule has 2 bridgehead atoms. The number of likely N-dealkylation sites (tertiary alicyclic amines) is 1. The zero-order chi connectivity index (χ0) is 24.5. The summed E-state index contributed by atoms with van der Waals surface area (Å²) in [6.07, 6.45) is -2.08. The molecule has 0 aliphatic carbocycles. The molecular weight excluding hydrogens is 478 g/mol. The van der Waals surface area contributed by atoms with E-state index in [1.807, 2.05) is 4.90 Å². The van der Waals surface area contributed by atoms with Gasteiger partial charge in [-0.3, -0.25) is 4.79 Å². The molecule has 6 nitrogen and oxygen atoms in total. The maximum absolute atomic E-state index is 13.2. The Morgan fingerprint density at radius 1 is 1.18 bits per heavy atom. The van der Waals surface area contributed by atoms with E-state index in [0.29, 0.717) is 26.3 Å². The molecule has 2 heterocycles. The highest BCUT2D eigenvalue weighted by atomic mass is 35.5. The number of hydrogen-bond acceptors (Lipinski definition) is 6. The number of halogens is 5. The van der Waals surface area contributed by atoms with Gasteiger partial charge in [0.1, 0.15) is 11.6 Å². The maximum atomic E-state index is 13.2. The van der Waals surface area contributed by atoms with Crippen LogP contribution >= 0.6 is 11.6 Å². The first-order valence-corrected chi connectivity index (χ1v) is 10.9. The van der Waals surface area contributed by atoms with Gasteiger partial charge in [0.05, 0.1) is 18.2 Å². The molecule has 2 aliphatic rings. The monoisotopic (exact) mass is 499 g/mol. The number of carbonyl (C=O) groups excluding carboxylic acids is 1. The van der Waals surface area contributed by atoms with Crippen molar-refractivity contribution in [1.82, 2.24) is 4.90 Å². The van der Waals surface area contributed by atoms with Gasteiger partial charge in [-0.05, 0) is 36.4 Å². The Morgan fingerprint density at radius 3 is 2.44 bits per heavy atom. The third-order valence-electron chi connectivity index (χ3n) is 5.83. The summed E-state index contributed by atoms with van der Waals surface area (Å²) in [5, 5.41) is 3.11. The van der Waals surface area contributed by atoms with E-state index < -0.39 is 17.9 Å². The number of ketones is 1. The molecule has 3 atom stereocenters. The molecule has 0 saturated carbocycles. The van der Waals surface area contributed by atoms with Crippen molar-refractivity contribution in [1.29, 1.82) is 0 Å². The molecular formula is C23H22ClF4N3O3. The normalized spacial score (nSPS) is 22.6. The molecule has 2 saturated heterocycles. The van der Waals surface area contributed by atoms with E-state index in [9.17, 15) is 22.4 Å². The predicted molar refractivity (Wildman–Crippen MR) is 119 cm³/mol. The largest absolute Gasteiger partial charge is 0.573 e. The molecule has 3 N–H and O–H groups in total. The lowest BCUT2D eigenvalue weighted by atomic mass is 9.82. The van der Waals surface area contributed by atoms with E-state index in [1.54, 1.807) is 18.3 Å². The van der Waals surface area contributed by atoms with Gasteiger partial charge in [-0.2, -0.15) is 0 Å². The Balaban J connectivity index is 1.44. The average Bonchev–Trinajstić information content (AvgIpc) is 2.75. The Bertz CT molecular complexity index is 1060. The standard InChI is InChI=1S/C23H22ClF4N3O3/c24-18-8-19(29)17(7-21(18)34-23(26,27)28)20(32)5-6-31-9-13-11-33-12-14(10-31)22(13)30-16-3-1-15(25)2-4-16/h1-8,13-14,22,30H,9-12,29H2/b6-5+/t13-,14+,22+. The second-order valence-corrected chi connectivity index (χ2v) is 8.69. The lowest BCUT2D eigenvalue weighted by Crippen LogP contribution is -2.56. The minimum absolute atomic E-state index is 0.0540. The van der Waals surface area contributed by atoms with Gasteiger partial charge in [-0.1, -0.05) is 11.6 Å². The second kappa shape index (κ2) is 9.71. The highest BCUT2D eigenvalue weighted by molar-refractivity contribution is 6.32. The molecule has 11 heteroatoms. The summed E-state index contributed by atoms with van der Waals surface area (Å²) in [5.74, 6) is -1.35. The molecule has 0 unspecified atom stereocenters. The minimum atomic E-state index is -4.96. The number of alkyl halides is 3. The van der Waals surface area contributed by atoms with Crippen molar-refractivity contribution < 1.29 is 31.8 Å². The fourth-order valence-electron chi connectivity index (χ4n) is 4.32. The number of anilines is 2.